The van der Waals surface area contributed by atoms with Crippen molar-refractivity contribution in [3.63, 3.8) is 0 Å². The van der Waals surface area contributed by atoms with Crippen molar-refractivity contribution < 1.29 is 27.6 Å². The maximum absolute atomic E-state index is 13.7. The first-order valence-electron chi connectivity index (χ1n) is 13.1. The van der Waals surface area contributed by atoms with E-state index in [1.165, 1.54) is 23.2 Å². The van der Waals surface area contributed by atoms with E-state index in [1.54, 1.807) is 18.2 Å². The van der Waals surface area contributed by atoms with Crippen LogP contribution in [-0.2, 0) is 19.6 Å². The fourth-order valence-corrected chi connectivity index (χ4v) is 6.69. The number of sulfonamides is 1. The molecule has 2 amide bonds. The third-order valence-electron chi connectivity index (χ3n) is 7.23. The molecule has 1 N–H and O–H groups in total. The molecule has 4 rings (SSSR count). The van der Waals surface area contributed by atoms with Gasteiger partial charge in [-0.2, -0.15) is 4.31 Å². The van der Waals surface area contributed by atoms with Crippen LogP contribution in [0.5, 0.6) is 0 Å². The van der Waals surface area contributed by atoms with Gasteiger partial charge in [0.1, 0.15) is 17.8 Å². The van der Waals surface area contributed by atoms with E-state index in [0.29, 0.717) is 17.9 Å². The molecule has 0 aliphatic carbocycles. The summed E-state index contributed by atoms with van der Waals surface area (Å²) in [6.07, 6.45) is 1.87. The second-order valence-electron chi connectivity index (χ2n) is 10.8. The standard InChI is InChI=1S/C28H34N4O6S/c1-17(2)15-22(30-26(34)20-10-8-19(9-11-20)18(3)4)27(35)31-14-12-23-25(31)24(33)16-32(23)39(37,38)28(36)21-7-5-6-13-29-21/h5-11,13,17-18,22-23,25H,12,14-16H2,1-4H3,(H,30,34). The molecule has 2 aromatic rings. The number of pyridine rings is 1. The third kappa shape index (κ3) is 5.79. The zero-order chi connectivity index (χ0) is 28.5. The molecule has 10 nitrogen and oxygen atoms in total. The number of nitrogens with zero attached hydrogens (tertiary/aromatic N) is 3. The lowest BCUT2D eigenvalue weighted by Gasteiger charge is -2.29. The third-order valence-corrected chi connectivity index (χ3v) is 8.92. The van der Waals surface area contributed by atoms with Gasteiger partial charge in [-0.15, -0.1) is 0 Å². The van der Waals surface area contributed by atoms with Crippen LogP contribution in [0.4, 0.5) is 0 Å². The number of ketones is 1. The Bertz CT molecular complexity index is 1360. The van der Waals surface area contributed by atoms with Gasteiger partial charge < -0.3 is 10.2 Å². The summed E-state index contributed by atoms with van der Waals surface area (Å²) in [7, 11) is -4.53. The summed E-state index contributed by atoms with van der Waals surface area (Å²) >= 11 is 0. The maximum atomic E-state index is 13.7. The number of Topliss-reactive ketones (excluding diaryl/α,β-unsaturated/α-hetero) is 1. The van der Waals surface area contributed by atoms with Gasteiger partial charge in [0.05, 0.1) is 12.6 Å². The van der Waals surface area contributed by atoms with E-state index in [-0.39, 0.29) is 24.6 Å². The first-order valence-corrected chi connectivity index (χ1v) is 14.6. The summed E-state index contributed by atoms with van der Waals surface area (Å²) in [4.78, 5) is 57.8. The molecule has 3 heterocycles. The minimum absolute atomic E-state index is 0.0631. The fourth-order valence-electron chi connectivity index (χ4n) is 5.22. The highest BCUT2D eigenvalue weighted by atomic mass is 32.2. The van der Waals surface area contributed by atoms with Crippen LogP contribution in [0.3, 0.4) is 0 Å². The number of carbonyl (C=O) groups is 4. The van der Waals surface area contributed by atoms with Crippen molar-refractivity contribution in [1.82, 2.24) is 19.5 Å². The Morgan fingerprint density at radius 3 is 2.33 bits per heavy atom. The molecular weight excluding hydrogens is 520 g/mol. The number of fused-ring (bicyclic) bond motifs is 1. The Kier molecular flexibility index (Phi) is 8.31. The molecule has 2 aliphatic rings. The number of nitrogens with one attached hydrogen (secondary N) is 1. The van der Waals surface area contributed by atoms with E-state index < -0.39 is 57.4 Å². The van der Waals surface area contributed by atoms with Gasteiger partial charge >= 0.3 is 5.12 Å². The van der Waals surface area contributed by atoms with Crippen molar-refractivity contribution in [2.45, 2.75) is 64.6 Å². The highest BCUT2D eigenvalue weighted by Gasteiger charge is 2.55. The predicted molar refractivity (Wildman–Crippen MR) is 144 cm³/mol. The van der Waals surface area contributed by atoms with Crippen molar-refractivity contribution >= 4 is 32.7 Å². The Labute approximate surface area is 228 Å². The van der Waals surface area contributed by atoms with Crippen molar-refractivity contribution in [3.8, 4) is 0 Å². The lowest BCUT2D eigenvalue weighted by molar-refractivity contribution is -0.138. The molecular formula is C28H34N4O6S. The van der Waals surface area contributed by atoms with Crippen molar-refractivity contribution in [1.29, 1.82) is 0 Å². The van der Waals surface area contributed by atoms with Gasteiger partial charge in [-0.3, -0.25) is 24.2 Å². The first-order chi connectivity index (χ1) is 18.4. The molecule has 1 aromatic heterocycles. The molecule has 0 spiro atoms. The van der Waals surface area contributed by atoms with Crippen LogP contribution in [0.15, 0.2) is 48.7 Å². The highest BCUT2D eigenvalue weighted by molar-refractivity contribution is 8.04. The van der Waals surface area contributed by atoms with E-state index in [4.69, 9.17) is 0 Å². The molecule has 208 valence electrons. The first kappa shape index (κ1) is 28.6. The predicted octanol–water partition coefficient (Wildman–Crippen LogP) is 2.37. The normalized spacial score (nSPS) is 20.4. The molecule has 3 atom stereocenters. The highest BCUT2D eigenvalue weighted by Crippen LogP contribution is 2.33. The summed E-state index contributed by atoms with van der Waals surface area (Å²) in [5.41, 5.74) is 1.27. The Hall–Kier alpha value is -3.44. The average Bonchev–Trinajstić information content (AvgIpc) is 3.49. The molecule has 1 aromatic carbocycles. The van der Waals surface area contributed by atoms with Gasteiger partial charge in [0.15, 0.2) is 5.78 Å². The number of amides is 2. The quantitative estimate of drug-likeness (QED) is 0.530. The van der Waals surface area contributed by atoms with Gasteiger partial charge in [-0.25, -0.2) is 8.42 Å². The second-order valence-corrected chi connectivity index (χ2v) is 12.6. The smallest absolute Gasteiger partial charge is 0.310 e. The molecule has 2 aliphatic heterocycles. The number of hydrogen-bond acceptors (Lipinski definition) is 7. The van der Waals surface area contributed by atoms with Crippen LogP contribution >= 0.6 is 0 Å². The Morgan fingerprint density at radius 1 is 1.05 bits per heavy atom. The van der Waals surface area contributed by atoms with Crippen LogP contribution < -0.4 is 5.32 Å². The largest absolute Gasteiger partial charge is 0.340 e. The number of aromatic nitrogens is 1. The SMILES string of the molecule is CC(C)CC(NC(=O)c1ccc(C(C)C)cc1)C(=O)N1CCC2C1C(=O)CN2S(=O)(=O)C(=O)c1ccccn1. The number of hydrogen-bond donors (Lipinski definition) is 1. The van der Waals surface area contributed by atoms with Gasteiger partial charge in [0.2, 0.25) is 5.91 Å². The van der Waals surface area contributed by atoms with Crippen LogP contribution in [0.25, 0.3) is 0 Å². The van der Waals surface area contributed by atoms with Crippen LogP contribution in [0.1, 0.15) is 72.9 Å². The van der Waals surface area contributed by atoms with E-state index in [2.05, 4.69) is 24.1 Å². The number of carbonyl (C=O) groups excluding carboxylic acids is 4. The molecule has 2 saturated heterocycles. The number of benzene rings is 1. The monoisotopic (exact) mass is 554 g/mol. The van der Waals surface area contributed by atoms with E-state index >= 15 is 0 Å². The van der Waals surface area contributed by atoms with Crippen LogP contribution in [0, 0.1) is 5.92 Å². The molecule has 2 fully saturated rings. The lowest BCUT2D eigenvalue weighted by atomic mass is 10.00. The Morgan fingerprint density at radius 2 is 1.74 bits per heavy atom. The number of rotatable bonds is 8. The van der Waals surface area contributed by atoms with E-state index in [1.807, 2.05) is 26.0 Å². The van der Waals surface area contributed by atoms with Gasteiger partial charge in [-0.1, -0.05) is 45.9 Å². The average molecular weight is 555 g/mol. The van der Waals surface area contributed by atoms with Gasteiger partial charge in [-0.05, 0) is 54.5 Å². The Balaban J connectivity index is 1.52. The molecule has 3 unspecified atom stereocenters. The summed E-state index contributed by atoms with van der Waals surface area (Å²) in [5, 5.41) is 1.64. The summed E-state index contributed by atoms with van der Waals surface area (Å²) < 4.78 is 27.2. The zero-order valence-corrected chi connectivity index (χ0v) is 23.3. The van der Waals surface area contributed by atoms with E-state index in [0.717, 1.165) is 9.87 Å². The summed E-state index contributed by atoms with van der Waals surface area (Å²) in [6, 6.07) is 8.80. The van der Waals surface area contributed by atoms with Crippen LogP contribution in [0.2, 0.25) is 0 Å². The van der Waals surface area contributed by atoms with Gasteiger partial charge in [0, 0.05) is 18.3 Å². The fraction of sp³-hybridized carbons (Fsp3) is 0.464. The zero-order valence-electron chi connectivity index (χ0n) is 22.5. The van der Waals surface area contributed by atoms with Gasteiger partial charge in [0.25, 0.3) is 15.9 Å². The lowest BCUT2D eigenvalue weighted by Crippen LogP contribution is -2.53. The van der Waals surface area contributed by atoms with Crippen molar-refractivity contribution in [2.24, 2.45) is 5.92 Å². The minimum Gasteiger partial charge on any atom is -0.340 e. The molecule has 0 saturated carbocycles. The molecule has 11 heteroatoms. The minimum atomic E-state index is -4.53. The summed E-state index contributed by atoms with van der Waals surface area (Å²) in [6.45, 7) is 7.60. The van der Waals surface area contributed by atoms with Crippen LogP contribution in [-0.4, -0.2) is 76.5 Å². The maximum Gasteiger partial charge on any atom is 0.310 e. The molecule has 39 heavy (non-hydrogen) atoms. The second kappa shape index (κ2) is 11.4. The molecule has 0 radical (unpaired) electrons. The summed E-state index contributed by atoms with van der Waals surface area (Å²) in [5.74, 6) is -0.919. The van der Waals surface area contributed by atoms with Crippen molar-refractivity contribution in [3.05, 3.63) is 65.5 Å². The van der Waals surface area contributed by atoms with E-state index in [9.17, 15) is 27.6 Å². The molecule has 0 bridgehead atoms. The van der Waals surface area contributed by atoms with Crippen molar-refractivity contribution in [2.75, 3.05) is 13.1 Å². The topological polar surface area (TPSA) is 134 Å². The number of likely N-dealkylation sites (tertiary alicyclic amines) is 1.